The maximum atomic E-state index is 12.2. The average Bonchev–Trinajstić information content (AvgIpc) is 2.36. The zero-order valence-corrected chi connectivity index (χ0v) is 13.2. The van der Waals surface area contributed by atoms with Crippen molar-refractivity contribution >= 4 is 33.5 Å². The number of nitrogens with one attached hydrogen (secondary N) is 1. The van der Waals surface area contributed by atoms with Crippen molar-refractivity contribution in [3.63, 3.8) is 0 Å². The van der Waals surface area contributed by atoms with Crippen molar-refractivity contribution in [2.45, 2.75) is 26.3 Å². The minimum atomic E-state index is -0.930. The quantitative estimate of drug-likeness (QED) is 0.798. The number of carbonyl (C=O) groups is 2. The number of nitrogens with zero attached hydrogens (tertiary/aromatic N) is 1. The molecule has 0 radical (unpaired) electrons. The zero-order valence-electron chi connectivity index (χ0n) is 11.6. The number of carboxylic acid groups (broad SMARTS) is 1. The van der Waals surface area contributed by atoms with Crippen LogP contribution in [0.25, 0.3) is 0 Å². The summed E-state index contributed by atoms with van der Waals surface area (Å²) >= 11 is 3.34. The van der Waals surface area contributed by atoms with E-state index in [9.17, 15) is 9.59 Å². The third-order valence-corrected chi connectivity index (χ3v) is 3.36. The predicted molar refractivity (Wildman–Crippen MR) is 81.7 cm³/mol. The Hall–Kier alpha value is -1.40. The number of halogens is 1. The van der Waals surface area contributed by atoms with Gasteiger partial charge < -0.3 is 10.4 Å². The van der Waals surface area contributed by atoms with Crippen LogP contribution in [0.3, 0.4) is 0 Å². The molecule has 0 bridgehead atoms. The Morgan fingerprint density at radius 2 is 2.15 bits per heavy atom. The molecule has 1 unspecified atom stereocenters. The van der Waals surface area contributed by atoms with Gasteiger partial charge in [0.15, 0.2) is 0 Å². The van der Waals surface area contributed by atoms with E-state index in [4.69, 9.17) is 5.11 Å². The molecule has 0 saturated heterocycles. The van der Waals surface area contributed by atoms with Crippen LogP contribution in [0.4, 0.5) is 5.69 Å². The molecule has 5 nitrogen and oxygen atoms in total. The summed E-state index contributed by atoms with van der Waals surface area (Å²) < 4.78 is 0.874. The predicted octanol–water partition coefficient (Wildman–Crippen LogP) is 2.57. The Kier molecular flexibility index (Phi) is 6.67. The third kappa shape index (κ3) is 5.30. The number of hydrogen-bond donors (Lipinski definition) is 2. The number of hydrogen-bond acceptors (Lipinski definition) is 3. The van der Waals surface area contributed by atoms with Crippen LogP contribution in [0.1, 0.15) is 20.3 Å². The van der Waals surface area contributed by atoms with E-state index in [1.165, 1.54) is 0 Å². The lowest BCUT2D eigenvalue weighted by atomic mass is 10.2. The standard InChI is InChI=1S/C14H19BrN2O3/c1-3-7-17(9-13(18)19)10(2)14(20)16-12-6-4-5-11(15)8-12/h4-6,8,10H,3,7,9H2,1-2H3,(H,16,20)(H,18,19). The molecular weight excluding hydrogens is 324 g/mol. The molecule has 0 heterocycles. The Balaban J connectivity index is 2.70. The SMILES string of the molecule is CCCN(CC(=O)O)C(C)C(=O)Nc1cccc(Br)c1. The lowest BCUT2D eigenvalue weighted by Gasteiger charge is -2.26. The first-order chi connectivity index (χ1) is 9.43. The molecule has 0 aliphatic rings. The molecule has 1 atom stereocenters. The van der Waals surface area contributed by atoms with Gasteiger partial charge in [-0.1, -0.05) is 28.9 Å². The van der Waals surface area contributed by atoms with Crippen LogP contribution in [0.5, 0.6) is 0 Å². The summed E-state index contributed by atoms with van der Waals surface area (Å²) in [5, 5.41) is 11.7. The fourth-order valence-corrected chi connectivity index (χ4v) is 2.25. The number of anilines is 1. The van der Waals surface area contributed by atoms with Crippen LogP contribution < -0.4 is 5.32 Å². The monoisotopic (exact) mass is 342 g/mol. The maximum Gasteiger partial charge on any atom is 0.317 e. The number of rotatable bonds is 7. The Morgan fingerprint density at radius 1 is 1.45 bits per heavy atom. The van der Waals surface area contributed by atoms with Gasteiger partial charge in [-0.25, -0.2) is 0 Å². The highest BCUT2D eigenvalue weighted by Gasteiger charge is 2.22. The molecule has 1 rings (SSSR count). The highest BCUT2D eigenvalue weighted by molar-refractivity contribution is 9.10. The van der Waals surface area contributed by atoms with Crippen molar-refractivity contribution in [1.29, 1.82) is 0 Å². The van der Waals surface area contributed by atoms with E-state index in [2.05, 4.69) is 21.2 Å². The zero-order chi connectivity index (χ0) is 15.1. The lowest BCUT2D eigenvalue weighted by Crippen LogP contribution is -2.44. The Labute approximate surface area is 127 Å². The molecule has 0 saturated carbocycles. The summed E-state index contributed by atoms with van der Waals surface area (Å²) in [6.45, 7) is 4.10. The van der Waals surface area contributed by atoms with Crippen LogP contribution >= 0.6 is 15.9 Å². The first-order valence-corrected chi connectivity index (χ1v) is 7.25. The van der Waals surface area contributed by atoms with E-state index in [0.29, 0.717) is 12.2 Å². The summed E-state index contributed by atoms with van der Waals surface area (Å²) in [5.41, 5.74) is 0.683. The van der Waals surface area contributed by atoms with Gasteiger partial charge in [0.05, 0.1) is 12.6 Å². The second-order valence-corrected chi connectivity index (χ2v) is 5.46. The van der Waals surface area contributed by atoms with Gasteiger partial charge in [0.25, 0.3) is 0 Å². The fraction of sp³-hybridized carbons (Fsp3) is 0.429. The van der Waals surface area contributed by atoms with Crippen LogP contribution in [-0.4, -0.2) is 41.0 Å². The first kappa shape index (κ1) is 16.7. The molecule has 110 valence electrons. The van der Waals surface area contributed by atoms with E-state index in [-0.39, 0.29) is 12.5 Å². The van der Waals surface area contributed by atoms with Crippen LogP contribution in [-0.2, 0) is 9.59 Å². The lowest BCUT2D eigenvalue weighted by molar-refractivity contribution is -0.139. The van der Waals surface area contributed by atoms with Crippen molar-refractivity contribution in [3.05, 3.63) is 28.7 Å². The van der Waals surface area contributed by atoms with E-state index in [0.717, 1.165) is 10.9 Å². The number of benzene rings is 1. The third-order valence-electron chi connectivity index (χ3n) is 2.87. The highest BCUT2D eigenvalue weighted by Crippen LogP contribution is 2.16. The molecule has 0 aliphatic heterocycles. The molecular formula is C14H19BrN2O3. The van der Waals surface area contributed by atoms with Gasteiger partial charge in [0.2, 0.25) is 5.91 Å². The molecule has 0 aliphatic carbocycles. The van der Waals surface area contributed by atoms with E-state index in [1.807, 2.05) is 19.1 Å². The number of aliphatic carboxylic acids is 1. The number of carbonyl (C=O) groups excluding carboxylic acids is 1. The Bertz CT molecular complexity index is 479. The van der Waals surface area contributed by atoms with Gasteiger partial charge in [-0.3, -0.25) is 14.5 Å². The molecule has 0 fully saturated rings. The number of amides is 1. The number of carboxylic acids is 1. The summed E-state index contributed by atoms with van der Waals surface area (Å²) in [6, 6.07) is 6.78. The molecule has 0 spiro atoms. The molecule has 1 amide bonds. The smallest absolute Gasteiger partial charge is 0.317 e. The molecule has 20 heavy (non-hydrogen) atoms. The van der Waals surface area contributed by atoms with Crippen LogP contribution in [0.15, 0.2) is 28.7 Å². The van der Waals surface area contributed by atoms with Crippen LogP contribution in [0.2, 0.25) is 0 Å². The Morgan fingerprint density at radius 3 is 2.70 bits per heavy atom. The highest BCUT2D eigenvalue weighted by atomic mass is 79.9. The molecule has 2 N–H and O–H groups in total. The summed E-state index contributed by atoms with van der Waals surface area (Å²) in [4.78, 5) is 24.6. The summed E-state index contributed by atoms with van der Waals surface area (Å²) in [7, 11) is 0. The van der Waals surface area contributed by atoms with Crippen molar-refractivity contribution in [1.82, 2.24) is 4.90 Å². The average molecular weight is 343 g/mol. The van der Waals surface area contributed by atoms with Gasteiger partial charge >= 0.3 is 5.97 Å². The second-order valence-electron chi connectivity index (χ2n) is 4.54. The molecule has 6 heteroatoms. The first-order valence-electron chi connectivity index (χ1n) is 6.46. The van der Waals surface area contributed by atoms with Gasteiger partial charge in [0.1, 0.15) is 0 Å². The van der Waals surface area contributed by atoms with Gasteiger partial charge in [-0.05, 0) is 38.1 Å². The van der Waals surface area contributed by atoms with Gasteiger partial charge in [-0.2, -0.15) is 0 Å². The normalized spacial score (nSPS) is 12.2. The van der Waals surface area contributed by atoms with Crippen molar-refractivity contribution < 1.29 is 14.7 Å². The molecule has 1 aromatic rings. The summed E-state index contributed by atoms with van der Waals surface area (Å²) in [6.07, 6.45) is 0.793. The van der Waals surface area contributed by atoms with Gasteiger partial charge in [-0.15, -0.1) is 0 Å². The molecule has 1 aromatic carbocycles. The van der Waals surface area contributed by atoms with E-state index in [1.54, 1.807) is 24.0 Å². The van der Waals surface area contributed by atoms with E-state index >= 15 is 0 Å². The second kappa shape index (κ2) is 8.01. The fourth-order valence-electron chi connectivity index (χ4n) is 1.85. The van der Waals surface area contributed by atoms with Gasteiger partial charge in [0, 0.05) is 10.2 Å². The topological polar surface area (TPSA) is 69.6 Å². The van der Waals surface area contributed by atoms with Crippen molar-refractivity contribution in [2.75, 3.05) is 18.4 Å². The summed E-state index contributed by atoms with van der Waals surface area (Å²) in [5.74, 6) is -1.14. The largest absolute Gasteiger partial charge is 0.480 e. The van der Waals surface area contributed by atoms with E-state index < -0.39 is 12.0 Å². The minimum absolute atomic E-state index is 0.138. The maximum absolute atomic E-state index is 12.2. The van der Waals surface area contributed by atoms with Crippen molar-refractivity contribution in [3.8, 4) is 0 Å². The molecule has 0 aromatic heterocycles. The van der Waals surface area contributed by atoms with Crippen molar-refractivity contribution in [2.24, 2.45) is 0 Å². The van der Waals surface area contributed by atoms with Crippen LogP contribution in [0, 0.1) is 0 Å². The minimum Gasteiger partial charge on any atom is -0.480 e.